The third kappa shape index (κ3) is 4.19. The van der Waals surface area contributed by atoms with Gasteiger partial charge in [-0.15, -0.1) is 0 Å². The normalized spacial score (nSPS) is 15.9. The summed E-state index contributed by atoms with van der Waals surface area (Å²) in [5.41, 5.74) is 2.13. The van der Waals surface area contributed by atoms with Crippen molar-refractivity contribution in [3.63, 3.8) is 0 Å². The maximum absolute atomic E-state index is 13.6. The fourth-order valence-corrected chi connectivity index (χ4v) is 4.67. The summed E-state index contributed by atoms with van der Waals surface area (Å²) >= 11 is 0. The predicted molar refractivity (Wildman–Crippen MR) is 96.6 cm³/mol. The van der Waals surface area contributed by atoms with Crippen molar-refractivity contribution in [2.45, 2.75) is 33.1 Å². The number of benzene rings is 2. The highest BCUT2D eigenvalue weighted by atomic mass is 31.2. The number of aryl methyl sites for hydroxylation is 2. The fourth-order valence-electron chi connectivity index (χ4n) is 2.87. The van der Waals surface area contributed by atoms with E-state index in [9.17, 15) is 4.57 Å². The molecule has 0 saturated carbocycles. The summed E-state index contributed by atoms with van der Waals surface area (Å²) in [6, 6.07) is 15.2. The molecule has 0 aliphatic carbocycles. The summed E-state index contributed by atoms with van der Waals surface area (Å²) in [6.45, 7) is 5.43. The molecule has 128 valence electrons. The Labute approximate surface area is 144 Å². The molecule has 0 bridgehead atoms. The van der Waals surface area contributed by atoms with Gasteiger partial charge in [-0.05, 0) is 62.1 Å². The van der Waals surface area contributed by atoms with Gasteiger partial charge in [0.1, 0.15) is 11.5 Å². The Hall–Kier alpha value is -1.77. The van der Waals surface area contributed by atoms with Crippen LogP contribution in [0.2, 0.25) is 0 Å². The van der Waals surface area contributed by atoms with Crippen LogP contribution in [0.3, 0.4) is 0 Å². The van der Waals surface area contributed by atoms with Gasteiger partial charge >= 0.3 is 7.75 Å². The summed E-state index contributed by atoms with van der Waals surface area (Å²) in [5, 5.41) is 0. The third-order valence-corrected chi connectivity index (χ3v) is 6.08. The zero-order chi connectivity index (χ0) is 17.0. The Morgan fingerprint density at radius 2 is 1.33 bits per heavy atom. The number of hydrogen-bond donors (Lipinski definition) is 0. The van der Waals surface area contributed by atoms with Crippen LogP contribution in [-0.2, 0) is 4.57 Å². The molecule has 0 radical (unpaired) electrons. The van der Waals surface area contributed by atoms with Crippen molar-refractivity contribution in [3.05, 3.63) is 59.7 Å². The maximum atomic E-state index is 13.6. The van der Waals surface area contributed by atoms with Crippen LogP contribution < -0.4 is 9.05 Å². The van der Waals surface area contributed by atoms with E-state index in [1.807, 2.05) is 67.0 Å². The van der Waals surface area contributed by atoms with E-state index in [4.69, 9.17) is 9.05 Å². The molecule has 2 aromatic rings. The van der Waals surface area contributed by atoms with Crippen LogP contribution in [0, 0.1) is 13.8 Å². The zero-order valence-corrected chi connectivity index (χ0v) is 15.2. The van der Waals surface area contributed by atoms with Crippen LogP contribution in [0.25, 0.3) is 0 Å². The first kappa shape index (κ1) is 17.1. The first-order valence-corrected chi connectivity index (χ1v) is 9.93. The Balaban J connectivity index is 1.89. The summed E-state index contributed by atoms with van der Waals surface area (Å²) < 4.78 is 27.3. The largest absolute Gasteiger partial charge is 0.515 e. The molecule has 0 N–H and O–H groups in total. The Bertz CT molecular complexity index is 689. The molecule has 1 aliphatic heterocycles. The van der Waals surface area contributed by atoms with Crippen molar-refractivity contribution in [1.29, 1.82) is 0 Å². The van der Waals surface area contributed by atoms with E-state index in [-0.39, 0.29) is 0 Å². The van der Waals surface area contributed by atoms with Crippen LogP contribution in [-0.4, -0.2) is 17.8 Å². The summed E-state index contributed by atoms with van der Waals surface area (Å²) in [7, 11) is -3.44. The smallest absolute Gasteiger partial charge is 0.404 e. The minimum Gasteiger partial charge on any atom is -0.404 e. The maximum Gasteiger partial charge on any atom is 0.515 e. The molecule has 24 heavy (non-hydrogen) atoms. The standard InChI is InChI=1S/C19H24NO3P/c1-16-8-6-10-18(14-16)22-24(21,20-12-4-3-5-13-20)23-19-11-7-9-17(2)15-19/h6-11,14-15H,3-5,12-13H2,1-2H3. The monoisotopic (exact) mass is 345 g/mol. The van der Waals surface area contributed by atoms with E-state index in [0.29, 0.717) is 11.5 Å². The van der Waals surface area contributed by atoms with E-state index in [2.05, 4.69) is 0 Å². The number of piperidine rings is 1. The highest BCUT2D eigenvalue weighted by Crippen LogP contribution is 2.53. The van der Waals surface area contributed by atoms with Crippen LogP contribution in [0.1, 0.15) is 30.4 Å². The SMILES string of the molecule is Cc1cccc(OP(=O)(Oc2cccc(C)c2)N2CCCCC2)c1. The molecular weight excluding hydrogens is 321 g/mol. The topological polar surface area (TPSA) is 38.8 Å². The van der Waals surface area contributed by atoms with Crippen LogP contribution in [0.5, 0.6) is 11.5 Å². The lowest BCUT2D eigenvalue weighted by Crippen LogP contribution is -2.31. The van der Waals surface area contributed by atoms with Crippen molar-refractivity contribution in [3.8, 4) is 11.5 Å². The van der Waals surface area contributed by atoms with E-state index in [0.717, 1.165) is 43.5 Å². The molecule has 0 atom stereocenters. The molecule has 1 heterocycles. The first-order chi connectivity index (χ1) is 11.5. The van der Waals surface area contributed by atoms with Gasteiger partial charge in [0.2, 0.25) is 0 Å². The van der Waals surface area contributed by atoms with Gasteiger partial charge in [0.15, 0.2) is 0 Å². The molecule has 0 amide bonds. The van der Waals surface area contributed by atoms with Crippen molar-refractivity contribution in [2.75, 3.05) is 13.1 Å². The first-order valence-electron chi connectivity index (χ1n) is 8.43. The van der Waals surface area contributed by atoms with E-state index in [1.54, 1.807) is 0 Å². The van der Waals surface area contributed by atoms with Crippen LogP contribution in [0.15, 0.2) is 48.5 Å². The molecule has 5 heteroatoms. The summed E-state index contributed by atoms with van der Waals surface area (Å²) in [4.78, 5) is 0. The number of hydrogen-bond acceptors (Lipinski definition) is 3. The highest BCUT2D eigenvalue weighted by Gasteiger charge is 2.38. The molecule has 2 aromatic carbocycles. The van der Waals surface area contributed by atoms with Crippen LogP contribution in [0.4, 0.5) is 0 Å². The Morgan fingerprint density at radius 1 is 0.833 bits per heavy atom. The predicted octanol–water partition coefficient (Wildman–Crippen LogP) is 5.36. The van der Waals surface area contributed by atoms with Crippen molar-refractivity contribution >= 4 is 7.75 Å². The number of rotatable bonds is 5. The van der Waals surface area contributed by atoms with Gasteiger partial charge in [0, 0.05) is 13.1 Å². The fraction of sp³-hybridized carbons (Fsp3) is 0.368. The van der Waals surface area contributed by atoms with Gasteiger partial charge in [0.05, 0.1) is 0 Å². The average molecular weight is 345 g/mol. The molecule has 1 saturated heterocycles. The lowest BCUT2D eigenvalue weighted by atomic mass is 10.2. The molecule has 0 unspecified atom stereocenters. The minimum atomic E-state index is -3.44. The second-order valence-electron chi connectivity index (χ2n) is 6.30. The quantitative estimate of drug-likeness (QED) is 0.684. The van der Waals surface area contributed by atoms with Gasteiger partial charge in [-0.2, -0.15) is 4.67 Å². The van der Waals surface area contributed by atoms with Gasteiger partial charge < -0.3 is 9.05 Å². The van der Waals surface area contributed by atoms with Gasteiger partial charge in [-0.1, -0.05) is 30.7 Å². The Kier molecular flexibility index (Phi) is 5.27. The molecule has 4 nitrogen and oxygen atoms in total. The molecular formula is C19H24NO3P. The molecule has 1 fully saturated rings. The van der Waals surface area contributed by atoms with Gasteiger partial charge in [-0.3, -0.25) is 0 Å². The van der Waals surface area contributed by atoms with Gasteiger partial charge in [-0.25, -0.2) is 4.57 Å². The number of nitrogens with zero attached hydrogens (tertiary/aromatic N) is 1. The molecule has 3 rings (SSSR count). The third-order valence-electron chi connectivity index (χ3n) is 4.10. The van der Waals surface area contributed by atoms with E-state index in [1.165, 1.54) is 0 Å². The lowest BCUT2D eigenvalue weighted by Gasteiger charge is -2.32. The molecule has 0 aromatic heterocycles. The van der Waals surface area contributed by atoms with Crippen molar-refractivity contribution in [1.82, 2.24) is 4.67 Å². The van der Waals surface area contributed by atoms with E-state index >= 15 is 0 Å². The molecule has 1 aliphatic rings. The Morgan fingerprint density at radius 3 is 1.79 bits per heavy atom. The second kappa shape index (κ2) is 7.42. The zero-order valence-electron chi connectivity index (χ0n) is 14.3. The van der Waals surface area contributed by atoms with Gasteiger partial charge in [0.25, 0.3) is 0 Å². The average Bonchev–Trinajstić information content (AvgIpc) is 2.55. The van der Waals surface area contributed by atoms with E-state index < -0.39 is 7.75 Å². The summed E-state index contributed by atoms with van der Waals surface area (Å²) in [6.07, 6.45) is 3.18. The molecule has 0 spiro atoms. The van der Waals surface area contributed by atoms with Crippen LogP contribution >= 0.6 is 7.75 Å². The van der Waals surface area contributed by atoms with Crippen molar-refractivity contribution < 1.29 is 13.6 Å². The van der Waals surface area contributed by atoms with Crippen molar-refractivity contribution in [2.24, 2.45) is 0 Å². The lowest BCUT2D eigenvalue weighted by molar-refractivity contribution is 0.256. The second-order valence-corrected chi connectivity index (χ2v) is 8.17. The highest BCUT2D eigenvalue weighted by molar-refractivity contribution is 7.52. The summed E-state index contributed by atoms with van der Waals surface area (Å²) in [5.74, 6) is 1.16. The minimum absolute atomic E-state index is 0.580.